The van der Waals surface area contributed by atoms with Crippen LogP contribution in [0.2, 0.25) is 0 Å². The second kappa shape index (κ2) is 5.80. The third kappa shape index (κ3) is 3.42. The number of phenolic OH excluding ortho intramolecular Hbond substituents is 3. The summed E-state index contributed by atoms with van der Waals surface area (Å²) in [5.74, 6) is -1.44. The lowest BCUT2D eigenvalue weighted by molar-refractivity contribution is 0.0445. The zero-order chi connectivity index (χ0) is 12.8. The van der Waals surface area contributed by atoms with Crippen LogP contribution in [-0.4, -0.2) is 39.9 Å². The maximum atomic E-state index is 10.8. The first-order valence-corrected chi connectivity index (χ1v) is 4.80. The molecule has 0 saturated heterocycles. The van der Waals surface area contributed by atoms with E-state index >= 15 is 0 Å². The van der Waals surface area contributed by atoms with Crippen molar-refractivity contribution in [2.75, 3.05) is 13.3 Å². The molecule has 1 aromatic rings. The van der Waals surface area contributed by atoms with Gasteiger partial charge in [0.05, 0.1) is 0 Å². The molecule has 0 radical (unpaired) electrons. The molecule has 0 aliphatic carbocycles. The molecule has 5 N–H and O–H groups in total. The molecular weight excluding hydrogens is 230 g/mol. The van der Waals surface area contributed by atoms with E-state index in [4.69, 9.17) is 10.2 Å². The number of nitrogens with one attached hydrogen (secondary N) is 1. The summed E-state index contributed by atoms with van der Waals surface area (Å²) in [4.78, 5) is 10.8. The number of carbonyl (C=O) groups excluding carboxylic acids is 1. The molecule has 94 valence electrons. The highest BCUT2D eigenvalue weighted by atomic mass is 16.6. The first-order chi connectivity index (χ1) is 8.06. The van der Waals surface area contributed by atoms with Gasteiger partial charge in [0.15, 0.2) is 18.3 Å². The van der Waals surface area contributed by atoms with Crippen LogP contribution in [0.1, 0.15) is 5.56 Å². The Hall–Kier alpha value is -2.15. The summed E-state index contributed by atoms with van der Waals surface area (Å²) in [5.41, 5.74) is 0.365. The van der Waals surface area contributed by atoms with Crippen molar-refractivity contribution in [3.05, 3.63) is 17.7 Å². The average Bonchev–Trinajstić information content (AvgIpc) is 2.29. The number of rotatable bonds is 4. The second-order valence-corrected chi connectivity index (χ2v) is 3.18. The number of aromatic hydroxyl groups is 3. The summed E-state index contributed by atoms with van der Waals surface area (Å²) in [7, 11) is 0. The first kappa shape index (κ1) is 12.9. The van der Waals surface area contributed by atoms with Gasteiger partial charge in [-0.15, -0.1) is 0 Å². The van der Waals surface area contributed by atoms with E-state index in [1.54, 1.807) is 0 Å². The minimum absolute atomic E-state index is 0.149. The Morgan fingerprint density at radius 2 is 1.94 bits per heavy atom. The number of benzene rings is 1. The largest absolute Gasteiger partial charge is 0.504 e. The highest BCUT2D eigenvalue weighted by Gasteiger charge is 2.11. The van der Waals surface area contributed by atoms with Crippen molar-refractivity contribution in [1.29, 1.82) is 0 Å². The summed E-state index contributed by atoms with van der Waals surface area (Å²) >= 11 is 0. The monoisotopic (exact) mass is 243 g/mol. The highest BCUT2D eigenvalue weighted by Crippen LogP contribution is 2.36. The van der Waals surface area contributed by atoms with E-state index in [-0.39, 0.29) is 13.0 Å². The van der Waals surface area contributed by atoms with E-state index in [2.05, 4.69) is 10.1 Å². The van der Waals surface area contributed by atoms with Crippen LogP contribution >= 0.6 is 0 Å². The van der Waals surface area contributed by atoms with E-state index in [0.29, 0.717) is 5.56 Å². The van der Waals surface area contributed by atoms with Gasteiger partial charge < -0.3 is 30.5 Å². The van der Waals surface area contributed by atoms with Crippen LogP contribution < -0.4 is 5.32 Å². The van der Waals surface area contributed by atoms with Gasteiger partial charge in [-0.1, -0.05) is 6.07 Å². The third-order valence-corrected chi connectivity index (χ3v) is 2.07. The maximum Gasteiger partial charge on any atom is 0.409 e. The average molecular weight is 243 g/mol. The number of aliphatic hydroxyl groups excluding tert-OH is 1. The van der Waals surface area contributed by atoms with Crippen LogP contribution in [0.3, 0.4) is 0 Å². The fraction of sp³-hybridized carbons (Fsp3) is 0.300. The highest BCUT2D eigenvalue weighted by molar-refractivity contribution is 5.67. The number of carbonyl (C=O) groups is 1. The molecule has 7 nitrogen and oxygen atoms in total. The minimum Gasteiger partial charge on any atom is -0.504 e. The topological polar surface area (TPSA) is 119 Å². The van der Waals surface area contributed by atoms with Crippen molar-refractivity contribution in [3.8, 4) is 17.2 Å². The molecule has 0 saturated carbocycles. The molecule has 1 aromatic carbocycles. The van der Waals surface area contributed by atoms with Crippen molar-refractivity contribution in [1.82, 2.24) is 5.32 Å². The SMILES string of the molecule is O=C(NCCc1ccc(O)c(O)c1O)OCO. The quantitative estimate of drug-likeness (QED) is 0.376. The number of ether oxygens (including phenoxy) is 1. The number of hydrogen-bond acceptors (Lipinski definition) is 6. The van der Waals surface area contributed by atoms with Gasteiger partial charge in [-0.3, -0.25) is 0 Å². The smallest absolute Gasteiger partial charge is 0.409 e. The van der Waals surface area contributed by atoms with Crippen molar-refractivity contribution < 1.29 is 30.0 Å². The summed E-state index contributed by atoms with van der Waals surface area (Å²) in [6.07, 6.45) is -0.546. The number of aliphatic hydroxyl groups is 1. The number of phenols is 3. The molecule has 0 fully saturated rings. The van der Waals surface area contributed by atoms with E-state index in [1.807, 2.05) is 0 Å². The number of amides is 1. The van der Waals surface area contributed by atoms with Crippen molar-refractivity contribution in [2.45, 2.75) is 6.42 Å². The zero-order valence-electron chi connectivity index (χ0n) is 8.88. The Labute approximate surface area is 96.9 Å². The van der Waals surface area contributed by atoms with Crippen LogP contribution in [0, 0.1) is 0 Å². The summed E-state index contributed by atoms with van der Waals surface area (Å²) < 4.78 is 4.21. The van der Waals surface area contributed by atoms with E-state index in [0.717, 1.165) is 0 Å². The minimum atomic E-state index is -0.782. The Bertz CT molecular complexity index is 406. The van der Waals surface area contributed by atoms with Crippen LogP contribution in [-0.2, 0) is 11.2 Å². The first-order valence-electron chi connectivity index (χ1n) is 4.80. The van der Waals surface area contributed by atoms with Crippen LogP contribution in [0.5, 0.6) is 17.2 Å². The van der Waals surface area contributed by atoms with Gasteiger partial charge in [0.1, 0.15) is 0 Å². The zero-order valence-corrected chi connectivity index (χ0v) is 8.88. The van der Waals surface area contributed by atoms with E-state index < -0.39 is 30.1 Å². The molecule has 0 unspecified atom stereocenters. The molecule has 0 atom stereocenters. The van der Waals surface area contributed by atoms with Crippen LogP contribution in [0.15, 0.2) is 12.1 Å². The lowest BCUT2D eigenvalue weighted by Crippen LogP contribution is -2.26. The lowest BCUT2D eigenvalue weighted by atomic mass is 10.1. The predicted octanol–water partition coefficient (Wildman–Crippen LogP) is 0.0219. The Morgan fingerprint density at radius 3 is 2.59 bits per heavy atom. The van der Waals surface area contributed by atoms with Crippen LogP contribution in [0.25, 0.3) is 0 Å². The van der Waals surface area contributed by atoms with Crippen molar-refractivity contribution in [2.24, 2.45) is 0 Å². The molecule has 1 rings (SSSR count). The van der Waals surface area contributed by atoms with Gasteiger partial charge in [0.25, 0.3) is 0 Å². The summed E-state index contributed by atoms with van der Waals surface area (Å²) in [6, 6.07) is 2.65. The predicted molar refractivity (Wildman–Crippen MR) is 56.7 cm³/mol. The maximum absolute atomic E-state index is 10.8. The third-order valence-electron chi connectivity index (χ3n) is 2.07. The van der Waals surface area contributed by atoms with Crippen molar-refractivity contribution in [3.63, 3.8) is 0 Å². The molecule has 0 aliphatic rings. The molecule has 7 heteroatoms. The second-order valence-electron chi connectivity index (χ2n) is 3.18. The Balaban J connectivity index is 2.53. The Morgan fingerprint density at radius 1 is 1.24 bits per heavy atom. The molecular formula is C10H13NO6. The summed E-state index contributed by atoms with van der Waals surface area (Å²) in [6.45, 7) is -0.562. The van der Waals surface area contributed by atoms with Gasteiger partial charge in [-0.25, -0.2) is 4.79 Å². The molecule has 0 aromatic heterocycles. The molecule has 17 heavy (non-hydrogen) atoms. The molecule has 0 aliphatic heterocycles. The normalized spacial score (nSPS) is 9.94. The lowest BCUT2D eigenvalue weighted by Gasteiger charge is -2.08. The van der Waals surface area contributed by atoms with Gasteiger partial charge in [-0.05, 0) is 18.1 Å². The van der Waals surface area contributed by atoms with E-state index in [9.17, 15) is 15.0 Å². The molecule has 0 bridgehead atoms. The molecule has 0 spiro atoms. The van der Waals surface area contributed by atoms with E-state index in [1.165, 1.54) is 12.1 Å². The Kier molecular flexibility index (Phi) is 4.41. The van der Waals surface area contributed by atoms with Gasteiger partial charge in [-0.2, -0.15) is 0 Å². The van der Waals surface area contributed by atoms with Gasteiger partial charge in [0, 0.05) is 6.54 Å². The number of hydrogen-bond donors (Lipinski definition) is 5. The fourth-order valence-corrected chi connectivity index (χ4v) is 1.22. The molecule has 1 amide bonds. The van der Waals surface area contributed by atoms with Crippen LogP contribution in [0.4, 0.5) is 4.79 Å². The van der Waals surface area contributed by atoms with Gasteiger partial charge >= 0.3 is 6.09 Å². The summed E-state index contributed by atoms with van der Waals surface area (Å²) in [5, 5.41) is 38.4. The number of alkyl carbamates (subject to hydrolysis) is 1. The standard InChI is InChI=1S/C10H13NO6/c12-5-17-10(16)11-4-3-6-1-2-7(13)9(15)8(6)14/h1-2,12-15H,3-5H2,(H,11,16). The van der Waals surface area contributed by atoms with Gasteiger partial charge in [0.2, 0.25) is 5.75 Å². The fourth-order valence-electron chi connectivity index (χ4n) is 1.22. The van der Waals surface area contributed by atoms with Crippen molar-refractivity contribution >= 4 is 6.09 Å². The molecule has 0 heterocycles.